The third-order valence-corrected chi connectivity index (χ3v) is 4.24. The average Bonchev–Trinajstić information content (AvgIpc) is 2.65. The third-order valence-electron chi connectivity index (χ3n) is 4.24. The number of nitrogens with one attached hydrogen (secondary N) is 1. The van der Waals surface area contributed by atoms with Crippen molar-refractivity contribution in [3.05, 3.63) is 70.8 Å². The van der Waals surface area contributed by atoms with Gasteiger partial charge in [-0.1, -0.05) is 56.5 Å². The first kappa shape index (κ1) is 19.7. The van der Waals surface area contributed by atoms with E-state index in [0.717, 1.165) is 31.2 Å². The molecular formula is C22H28N2O2. The van der Waals surface area contributed by atoms with Crippen LogP contribution in [0.4, 0.5) is 0 Å². The molecule has 2 aromatic rings. The molecular weight excluding hydrogens is 324 g/mol. The highest BCUT2D eigenvalue weighted by atomic mass is 16.2. The SMILES string of the molecule is CCCCN(NC(=O)c1ccc(CCC)cc1)C(=O)c1cccc(C)c1. The molecule has 4 nitrogen and oxygen atoms in total. The van der Waals surface area contributed by atoms with E-state index in [1.54, 1.807) is 6.07 Å². The highest BCUT2D eigenvalue weighted by Gasteiger charge is 2.18. The van der Waals surface area contributed by atoms with Crippen LogP contribution >= 0.6 is 0 Å². The zero-order valence-electron chi connectivity index (χ0n) is 15.9. The quantitative estimate of drug-likeness (QED) is 0.744. The molecule has 0 unspecified atom stereocenters. The van der Waals surface area contributed by atoms with E-state index in [1.807, 2.05) is 49.4 Å². The van der Waals surface area contributed by atoms with Crippen LogP contribution in [0, 0.1) is 6.92 Å². The van der Waals surface area contributed by atoms with Gasteiger partial charge in [0.1, 0.15) is 0 Å². The smallest absolute Gasteiger partial charge is 0.267 e. The average molecular weight is 352 g/mol. The molecule has 0 aliphatic heterocycles. The van der Waals surface area contributed by atoms with Gasteiger partial charge in [-0.2, -0.15) is 0 Å². The van der Waals surface area contributed by atoms with Gasteiger partial charge in [-0.05, 0) is 49.6 Å². The molecule has 0 saturated heterocycles. The lowest BCUT2D eigenvalue weighted by Gasteiger charge is -2.23. The summed E-state index contributed by atoms with van der Waals surface area (Å²) in [5.74, 6) is -0.441. The Kier molecular flexibility index (Phi) is 7.39. The number of nitrogens with zero attached hydrogens (tertiary/aromatic N) is 1. The Balaban J connectivity index is 2.13. The summed E-state index contributed by atoms with van der Waals surface area (Å²) in [5.41, 5.74) is 6.15. The first-order chi connectivity index (χ1) is 12.5. The van der Waals surface area contributed by atoms with Crippen LogP contribution < -0.4 is 5.43 Å². The Hall–Kier alpha value is -2.62. The first-order valence-corrected chi connectivity index (χ1v) is 9.33. The van der Waals surface area contributed by atoms with Crippen LogP contribution in [0.3, 0.4) is 0 Å². The van der Waals surface area contributed by atoms with Gasteiger partial charge in [-0.3, -0.25) is 15.0 Å². The lowest BCUT2D eigenvalue weighted by molar-refractivity contribution is 0.0580. The number of unbranched alkanes of at least 4 members (excludes halogenated alkanes) is 1. The molecule has 0 bridgehead atoms. The van der Waals surface area contributed by atoms with Gasteiger partial charge in [0.05, 0.1) is 0 Å². The van der Waals surface area contributed by atoms with Crippen molar-refractivity contribution in [1.82, 2.24) is 10.4 Å². The maximum absolute atomic E-state index is 12.8. The van der Waals surface area contributed by atoms with Crippen molar-refractivity contribution in [1.29, 1.82) is 0 Å². The summed E-state index contributed by atoms with van der Waals surface area (Å²) >= 11 is 0. The van der Waals surface area contributed by atoms with E-state index in [0.29, 0.717) is 17.7 Å². The van der Waals surface area contributed by atoms with Crippen LogP contribution in [0.25, 0.3) is 0 Å². The maximum atomic E-state index is 12.8. The number of carbonyl (C=O) groups is 2. The Morgan fingerprint density at radius 2 is 1.69 bits per heavy atom. The number of rotatable bonds is 7. The van der Waals surface area contributed by atoms with Crippen molar-refractivity contribution in [2.24, 2.45) is 0 Å². The topological polar surface area (TPSA) is 49.4 Å². The molecule has 0 spiro atoms. The van der Waals surface area contributed by atoms with E-state index < -0.39 is 0 Å². The van der Waals surface area contributed by atoms with Gasteiger partial charge in [0.2, 0.25) is 0 Å². The van der Waals surface area contributed by atoms with Crippen molar-refractivity contribution in [3.8, 4) is 0 Å². The third kappa shape index (κ3) is 5.45. The fourth-order valence-corrected chi connectivity index (χ4v) is 2.76. The van der Waals surface area contributed by atoms with Crippen molar-refractivity contribution in [2.45, 2.75) is 46.5 Å². The van der Waals surface area contributed by atoms with Crippen LogP contribution in [-0.2, 0) is 6.42 Å². The van der Waals surface area contributed by atoms with Gasteiger partial charge in [0, 0.05) is 17.7 Å². The molecule has 0 aliphatic carbocycles. The van der Waals surface area contributed by atoms with Gasteiger partial charge < -0.3 is 0 Å². The lowest BCUT2D eigenvalue weighted by Crippen LogP contribution is -2.46. The summed E-state index contributed by atoms with van der Waals surface area (Å²) in [6.45, 7) is 6.62. The predicted octanol–water partition coefficient (Wildman–Crippen LogP) is 4.53. The van der Waals surface area contributed by atoms with Gasteiger partial charge in [-0.25, -0.2) is 5.01 Å². The van der Waals surface area contributed by atoms with E-state index in [-0.39, 0.29) is 11.8 Å². The van der Waals surface area contributed by atoms with Crippen LogP contribution in [0.1, 0.15) is 65.0 Å². The minimum absolute atomic E-state index is 0.182. The lowest BCUT2D eigenvalue weighted by atomic mass is 10.1. The molecule has 2 rings (SSSR count). The molecule has 2 amide bonds. The van der Waals surface area contributed by atoms with Crippen molar-refractivity contribution in [2.75, 3.05) is 6.54 Å². The number of amides is 2. The Bertz CT molecular complexity index is 738. The molecule has 0 aliphatic rings. The molecule has 2 aromatic carbocycles. The summed E-state index contributed by atoms with van der Waals surface area (Å²) in [4.78, 5) is 25.4. The summed E-state index contributed by atoms with van der Waals surface area (Å²) in [7, 11) is 0. The fourth-order valence-electron chi connectivity index (χ4n) is 2.76. The summed E-state index contributed by atoms with van der Waals surface area (Å²) in [6.07, 6.45) is 3.84. The van der Waals surface area contributed by atoms with Crippen LogP contribution in [0.2, 0.25) is 0 Å². The summed E-state index contributed by atoms with van der Waals surface area (Å²) in [5, 5.41) is 1.43. The van der Waals surface area contributed by atoms with Gasteiger partial charge >= 0.3 is 0 Å². The molecule has 138 valence electrons. The molecule has 0 atom stereocenters. The van der Waals surface area contributed by atoms with Crippen LogP contribution in [-0.4, -0.2) is 23.4 Å². The molecule has 1 N–H and O–H groups in total. The Labute approximate surface area is 156 Å². The highest BCUT2D eigenvalue weighted by Crippen LogP contribution is 2.10. The summed E-state index contributed by atoms with van der Waals surface area (Å²) < 4.78 is 0. The zero-order valence-corrected chi connectivity index (χ0v) is 15.9. The first-order valence-electron chi connectivity index (χ1n) is 9.33. The normalized spacial score (nSPS) is 10.4. The fraction of sp³-hybridized carbons (Fsp3) is 0.364. The second-order valence-electron chi connectivity index (χ2n) is 6.57. The molecule has 0 fully saturated rings. The maximum Gasteiger partial charge on any atom is 0.272 e. The highest BCUT2D eigenvalue weighted by molar-refractivity contribution is 5.99. The second kappa shape index (κ2) is 9.76. The molecule has 0 heterocycles. The van der Waals surface area contributed by atoms with E-state index in [2.05, 4.69) is 19.3 Å². The zero-order chi connectivity index (χ0) is 18.9. The monoisotopic (exact) mass is 352 g/mol. The second-order valence-corrected chi connectivity index (χ2v) is 6.57. The number of hydrazine groups is 1. The van der Waals surface area contributed by atoms with E-state index >= 15 is 0 Å². The van der Waals surface area contributed by atoms with E-state index in [9.17, 15) is 9.59 Å². The van der Waals surface area contributed by atoms with Gasteiger partial charge in [0.15, 0.2) is 0 Å². The van der Waals surface area contributed by atoms with Crippen LogP contribution in [0.15, 0.2) is 48.5 Å². The van der Waals surface area contributed by atoms with E-state index in [1.165, 1.54) is 10.6 Å². The standard InChI is InChI=1S/C22H28N2O2/c1-4-6-15-24(22(26)20-10-7-9-17(3)16-20)23-21(25)19-13-11-18(8-5-2)12-14-19/h7,9-14,16H,4-6,8,15H2,1-3H3,(H,23,25). The number of benzene rings is 2. The van der Waals surface area contributed by atoms with Crippen molar-refractivity contribution >= 4 is 11.8 Å². The van der Waals surface area contributed by atoms with Gasteiger partial charge in [0.25, 0.3) is 11.8 Å². The molecule has 4 heteroatoms. The molecule has 0 radical (unpaired) electrons. The Morgan fingerprint density at radius 1 is 0.962 bits per heavy atom. The number of aryl methyl sites for hydroxylation is 2. The molecule has 0 saturated carbocycles. The van der Waals surface area contributed by atoms with Crippen molar-refractivity contribution < 1.29 is 9.59 Å². The van der Waals surface area contributed by atoms with Gasteiger partial charge in [-0.15, -0.1) is 0 Å². The Morgan fingerprint density at radius 3 is 2.31 bits per heavy atom. The largest absolute Gasteiger partial charge is 0.272 e. The molecule has 26 heavy (non-hydrogen) atoms. The predicted molar refractivity (Wildman–Crippen MR) is 105 cm³/mol. The summed E-state index contributed by atoms with van der Waals surface area (Å²) in [6, 6.07) is 15.0. The number of hydrogen-bond donors (Lipinski definition) is 1. The van der Waals surface area contributed by atoms with Crippen LogP contribution in [0.5, 0.6) is 0 Å². The number of carbonyl (C=O) groups excluding carboxylic acids is 2. The molecule has 0 aromatic heterocycles. The minimum Gasteiger partial charge on any atom is -0.267 e. The van der Waals surface area contributed by atoms with E-state index in [4.69, 9.17) is 0 Å². The number of hydrogen-bond acceptors (Lipinski definition) is 2. The minimum atomic E-state index is -0.259. The van der Waals surface area contributed by atoms with Crippen molar-refractivity contribution in [3.63, 3.8) is 0 Å².